The Morgan fingerprint density at radius 3 is 2.91 bits per heavy atom. The van der Waals surface area contributed by atoms with Crippen molar-refractivity contribution in [3.05, 3.63) is 35.4 Å². The van der Waals surface area contributed by atoms with Crippen LogP contribution in [0.15, 0.2) is 23.4 Å². The zero-order valence-electron chi connectivity index (χ0n) is 6.66. The molecular weight excluding hydrogens is 138 g/mol. The summed E-state index contributed by atoms with van der Waals surface area (Å²) in [5.74, 6) is 0. The van der Waals surface area contributed by atoms with Gasteiger partial charge in [0.1, 0.15) is 7.11 Å². The van der Waals surface area contributed by atoms with Crippen molar-refractivity contribution in [1.82, 2.24) is 0 Å². The van der Waals surface area contributed by atoms with Crippen LogP contribution in [0, 0.1) is 13.0 Å². The predicted octanol–water partition coefficient (Wildman–Crippen LogP) is 1.78. The molecule has 1 rings (SSSR count). The molecule has 1 aromatic carbocycles. The van der Waals surface area contributed by atoms with Crippen LogP contribution in [0.2, 0.25) is 0 Å². The lowest BCUT2D eigenvalue weighted by molar-refractivity contribution is 0.215. The van der Waals surface area contributed by atoms with Gasteiger partial charge >= 0.3 is 0 Å². The molecule has 0 saturated carbocycles. The molecule has 0 aliphatic rings. The molecule has 0 unspecified atom stereocenters. The highest BCUT2D eigenvalue weighted by atomic mass is 16.6. The van der Waals surface area contributed by atoms with Crippen molar-refractivity contribution in [2.24, 2.45) is 5.16 Å². The molecule has 0 spiro atoms. The van der Waals surface area contributed by atoms with Gasteiger partial charge in [-0.2, -0.15) is 0 Å². The molecule has 0 aromatic heterocycles. The molecule has 0 aliphatic heterocycles. The number of oxime groups is 1. The molecule has 1 radical (unpaired) electrons. The van der Waals surface area contributed by atoms with Gasteiger partial charge in [-0.15, -0.1) is 0 Å². The smallest absolute Gasteiger partial charge is 0.106 e. The molecule has 2 nitrogen and oxygen atoms in total. The fourth-order valence-corrected chi connectivity index (χ4v) is 0.704. The van der Waals surface area contributed by atoms with Crippen LogP contribution in [-0.2, 0) is 4.84 Å². The monoisotopic (exact) mass is 148 g/mol. The van der Waals surface area contributed by atoms with E-state index < -0.39 is 0 Å². The number of benzene rings is 1. The first kappa shape index (κ1) is 7.79. The fraction of sp³-hybridized carbons (Fsp3) is 0.222. The summed E-state index contributed by atoms with van der Waals surface area (Å²) < 4.78 is 0. The summed E-state index contributed by atoms with van der Waals surface area (Å²) in [6.07, 6.45) is 1.62. The molecule has 0 fully saturated rings. The van der Waals surface area contributed by atoms with E-state index in [1.807, 2.05) is 25.1 Å². The minimum Gasteiger partial charge on any atom is -0.399 e. The molecule has 0 amide bonds. The van der Waals surface area contributed by atoms with Crippen LogP contribution in [0.4, 0.5) is 0 Å². The highest BCUT2D eigenvalue weighted by Crippen LogP contribution is 1.98. The number of nitrogens with zero attached hydrogens (tertiary/aromatic N) is 1. The van der Waals surface area contributed by atoms with Crippen LogP contribution >= 0.6 is 0 Å². The van der Waals surface area contributed by atoms with Crippen molar-refractivity contribution in [3.8, 4) is 0 Å². The average Bonchev–Trinajstić information content (AvgIpc) is 2.04. The summed E-state index contributed by atoms with van der Waals surface area (Å²) in [4.78, 5) is 4.53. The normalized spacial score (nSPS) is 10.4. The second-order valence-electron chi connectivity index (χ2n) is 2.24. The first-order chi connectivity index (χ1) is 5.33. The summed E-state index contributed by atoms with van der Waals surface area (Å²) in [5, 5.41) is 3.62. The van der Waals surface area contributed by atoms with Crippen molar-refractivity contribution in [1.29, 1.82) is 0 Å². The van der Waals surface area contributed by atoms with Gasteiger partial charge in [0.05, 0.1) is 6.21 Å². The summed E-state index contributed by atoms with van der Waals surface area (Å²) >= 11 is 0. The predicted molar refractivity (Wildman–Crippen MR) is 44.6 cm³/mol. The van der Waals surface area contributed by atoms with Crippen molar-refractivity contribution in [2.75, 3.05) is 7.11 Å². The van der Waals surface area contributed by atoms with E-state index in [4.69, 9.17) is 0 Å². The third kappa shape index (κ3) is 2.42. The standard InChI is InChI=1S/C9H10NO/c1-8-3-5-9(6-4-8)7-10-11-2/h3-5,7H,1-2H3/b10-7+. The van der Waals surface area contributed by atoms with Crippen LogP contribution in [0.5, 0.6) is 0 Å². The molecular formula is C9H10NO. The molecule has 11 heavy (non-hydrogen) atoms. The van der Waals surface area contributed by atoms with Crippen molar-refractivity contribution in [2.45, 2.75) is 6.92 Å². The minimum absolute atomic E-state index is 0.928. The highest BCUT2D eigenvalue weighted by molar-refractivity contribution is 5.78. The molecule has 0 bridgehead atoms. The van der Waals surface area contributed by atoms with E-state index in [0.29, 0.717) is 0 Å². The maximum atomic E-state index is 4.53. The van der Waals surface area contributed by atoms with Gasteiger partial charge in [-0.25, -0.2) is 0 Å². The quantitative estimate of drug-likeness (QED) is 0.462. The third-order valence-corrected chi connectivity index (χ3v) is 1.29. The van der Waals surface area contributed by atoms with E-state index in [0.717, 1.165) is 5.56 Å². The van der Waals surface area contributed by atoms with Crippen LogP contribution in [0.25, 0.3) is 0 Å². The Balaban J connectivity index is 2.73. The van der Waals surface area contributed by atoms with E-state index in [1.165, 1.54) is 12.7 Å². The molecule has 0 N–H and O–H groups in total. The van der Waals surface area contributed by atoms with Gasteiger partial charge in [-0.1, -0.05) is 28.9 Å². The Morgan fingerprint density at radius 1 is 1.55 bits per heavy atom. The molecule has 2 heteroatoms. The lowest BCUT2D eigenvalue weighted by atomic mass is 10.2. The summed E-state index contributed by atoms with van der Waals surface area (Å²) in [6, 6.07) is 8.91. The van der Waals surface area contributed by atoms with Gasteiger partial charge in [0.25, 0.3) is 0 Å². The SMILES string of the molecule is CO/N=C/c1[c]cc(C)cc1. The van der Waals surface area contributed by atoms with Crippen LogP contribution in [0.1, 0.15) is 11.1 Å². The van der Waals surface area contributed by atoms with E-state index >= 15 is 0 Å². The average molecular weight is 148 g/mol. The van der Waals surface area contributed by atoms with Crippen molar-refractivity contribution in [3.63, 3.8) is 0 Å². The van der Waals surface area contributed by atoms with Crippen LogP contribution in [0.3, 0.4) is 0 Å². The maximum absolute atomic E-state index is 4.53. The van der Waals surface area contributed by atoms with Gasteiger partial charge in [0, 0.05) is 5.56 Å². The van der Waals surface area contributed by atoms with Crippen LogP contribution in [-0.4, -0.2) is 13.3 Å². The number of hydrogen-bond donors (Lipinski definition) is 0. The van der Waals surface area contributed by atoms with Crippen molar-refractivity contribution >= 4 is 6.21 Å². The van der Waals surface area contributed by atoms with Crippen molar-refractivity contribution < 1.29 is 4.84 Å². The van der Waals surface area contributed by atoms with E-state index in [-0.39, 0.29) is 0 Å². The van der Waals surface area contributed by atoms with Gasteiger partial charge < -0.3 is 4.84 Å². The Hall–Kier alpha value is -1.31. The first-order valence-electron chi connectivity index (χ1n) is 3.38. The lowest BCUT2D eigenvalue weighted by Crippen LogP contribution is -1.81. The molecule has 0 saturated heterocycles. The highest BCUT2D eigenvalue weighted by Gasteiger charge is 1.86. The zero-order valence-corrected chi connectivity index (χ0v) is 6.66. The summed E-state index contributed by atoms with van der Waals surface area (Å²) in [5.41, 5.74) is 2.12. The first-order valence-corrected chi connectivity index (χ1v) is 3.38. The Labute approximate surface area is 66.5 Å². The zero-order chi connectivity index (χ0) is 8.10. The second-order valence-corrected chi connectivity index (χ2v) is 2.24. The number of aryl methyl sites for hydroxylation is 1. The molecule has 0 atom stereocenters. The molecule has 1 aromatic rings. The van der Waals surface area contributed by atoms with Gasteiger partial charge in [0.15, 0.2) is 0 Å². The molecule has 57 valence electrons. The summed E-state index contributed by atoms with van der Waals surface area (Å²) in [7, 11) is 1.52. The Kier molecular flexibility index (Phi) is 2.66. The van der Waals surface area contributed by atoms with Crippen LogP contribution < -0.4 is 0 Å². The fourth-order valence-electron chi connectivity index (χ4n) is 0.704. The molecule has 0 aliphatic carbocycles. The third-order valence-electron chi connectivity index (χ3n) is 1.29. The number of hydrogen-bond acceptors (Lipinski definition) is 2. The van der Waals surface area contributed by atoms with E-state index in [2.05, 4.69) is 16.1 Å². The minimum atomic E-state index is 0.928. The van der Waals surface area contributed by atoms with E-state index in [9.17, 15) is 0 Å². The van der Waals surface area contributed by atoms with E-state index in [1.54, 1.807) is 6.21 Å². The maximum Gasteiger partial charge on any atom is 0.106 e. The largest absolute Gasteiger partial charge is 0.399 e. The Morgan fingerprint density at radius 2 is 2.36 bits per heavy atom. The number of rotatable bonds is 2. The lowest BCUT2D eigenvalue weighted by Gasteiger charge is -1.91. The Bertz CT molecular complexity index is 238. The topological polar surface area (TPSA) is 21.6 Å². The molecule has 0 heterocycles. The summed E-state index contributed by atoms with van der Waals surface area (Å²) in [6.45, 7) is 2.02. The van der Waals surface area contributed by atoms with Gasteiger partial charge in [-0.05, 0) is 13.0 Å². The van der Waals surface area contributed by atoms with Gasteiger partial charge in [-0.3, -0.25) is 0 Å². The second kappa shape index (κ2) is 3.76. The van der Waals surface area contributed by atoms with Gasteiger partial charge in [0.2, 0.25) is 0 Å².